The van der Waals surface area contributed by atoms with E-state index in [0.29, 0.717) is 79.7 Å². The minimum atomic E-state index is -1.42. The van der Waals surface area contributed by atoms with Crippen LogP contribution in [0.5, 0.6) is 17.2 Å². The Bertz CT molecular complexity index is 2140. The number of aliphatic hydroxyl groups is 2. The first kappa shape index (κ1) is 42.5. The number of ketones is 1. The van der Waals surface area contributed by atoms with E-state index in [2.05, 4.69) is 19.9 Å². The molecule has 2 N–H and O–H groups in total. The van der Waals surface area contributed by atoms with E-state index < -0.39 is 33.6 Å². The van der Waals surface area contributed by atoms with E-state index in [1.807, 2.05) is 51.1 Å². The summed E-state index contributed by atoms with van der Waals surface area (Å²) in [5.41, 5.74) is -0.623. The second-order valence-electron chi connectivity index (χ2n) is 18.5. The van der Waals surface area contributed by atoms with Crippen LogP contribution in [-0.2, 0) is 27.3 Å². The molecule has 6 atom stereocenters. The molecule has 4 bridgehead atoms. The van der Waals surface area contributed by atoms with Crippen LogP contribution in [0.25, 0.3) is 0 Å². The van der Waals surface area contributed by atoms with Crippen molar-refractivity contribution in [2.45, 2.75) is 122 Å². The average molecular weight is 808 g/mol. The number of hydrogen-bond donors (Lipinski definition) is 2. The van der Waals surface area contributed by atoms with Crippen LogP contribution in [0.1, 0.15) is 125 Å². The van der Waals surface area contributed by atoms with Crippen LogP contribution < -0.4 is 14.2 Å². The van der Waals surface area contributed by atoms with Crippen LogP contribution in [0.15, 0.2) is 72.3 Å². The van der Waals surface area contributed by atoms with Crippen molar-refractivity contribution >= 4 is 17.7 Å². The van der Waals surface area contributed by atoms with Gasteiger partial charge in [0.25, 0.3) is 5.91 Å². The van der Waals surface area contributed by atoms with Crippen LogP contribution >= 0.6 is 0 Å². The van der Waals surface area contributed by atoms with Gasteiger partial charge in [0.05, 0.1) is 45.0 Å². The quantitative estimate of drug-likeness (QED) is 0.118. The summed E-state index contributed by atoms with van der Waals surface area (Å²) in [6, 6.07) is 18.5. The normalized spacial score (nSPS) is 29.9. The number of esters is 1. The first-order valence-electron chi connectivity index (χ1n) is 21.1. The second-order valence-corrected chi connectivity index (χ2v) is 18.5. The van der Waals surface area contributed by atoms with Gasteiger partial charge >= 0.3 is 5.97 Å². The van der Waals surface area contributed by atoms with Gasteiger partial charge in [-0.15, -0.1) is 0 Å². The van der Waals surface area contributed by atoms with Crippen LogP contribution in [0.3, 0.4) is 0 Å². The minimum absolute atomic E-state index is 0.0329. The predicted molar refractivity (Wildman–Crippen MR) is 225 cm³/mol. The molecule has 3 aromatic carbocycles. The zero-order valence-corrected chi connectivity index (χ0v) is 36.0. The van der Waals surface area contributed by atoms with Gasteiger partial charge < -0.3 is 34.1 Å². The summed E-state index contributed by atoms with van der Waals surface area (Å²) >= 11 is 0. The highest BCUT2D eigenvalue weighted by Crippen LogP contribution is 2.66. The average Bonchev–Trinajstić information content (AvgIpc) is 3.66. The van der Waals surface area contributed by atoms with Crippen LogP contribution in [0.2, 0.25) is 0 Å². The number of hydrogen-bond acceptors (Lipinski definition) is 9. The van der Waals surface area contributed by atoms with Crippen molar-refractivity contribution in [3.63, 3.8) is 0 Å². The molecule has 1 amide bonds. The van der Waals surface area contributed by atoms with E-state index in [9.17, 15) is 19.8 Å². The summed E-state index contributed by atoms with van der Waals surface area (Å²) in [4.78, 5) is 45.2. The van der Waals surface area contributed by atoms with Gasteiger partial charge in [-0.2, -0.15) is 0 Å². The van der Waals surface area contributed by atoms with Gasteiger partial charge in [0.1, 0.15) is 17.2 Å². The van der Waals surface area contributed by atoms with E-state index in [1.54, 1.807) is 56.6 Å². The molecule has 1 aliphatic heterocycles. The first-order chi connectivity index (χ1) is 28.0. The Hall–Kier alpha value is -4.67. The molecule has 1 heterocycles. The van der Waals surface area contributed by atoms with Gasteiger partial charge in [-0.05, 0) is 131 Å². The zero-order valence-electron chi connectivity index (χ0n) is 36.0. The number of amides is 1. The topological polar surface area (TPSA) is 132 Å². The lowest BCUT2D eigenvalue weighted by molar-refractivity contribution is -0.178. The number of carbonyl (C=O) groups is 3. The number of fused-ring (bicyclic) bond motifs is 10. The van der Waals surface area contributed by atoms with E-state index in [1.165, 1.54) is 5.57 Å². The van der Waals surface area contributed by atoms with Gasteiger partial charge in [0.2, 0.25) is 0 Å². The molecular formula is C49H61NO9. The highest BCUT2D eigenvalue weighted by molar-refractivity contribution is 6.10. The summed E-state index contributed by atoms with van der Waals surface area (Å²) in [6.45, 7) is 10.1. The van der Waals surface area contributed by atoms with Crippen molar-refractivity contribution in [2.24, 2.45) is 16.2 Å². The smallest absolute Gasteiger partial charge is 0.313 e. The lowest BCUT2D eigenvalue weighted by Gasteiger charge is -2.47. The summed E-state index contributed by atoms with van der Waals surface area (Å²) in [5, 5.41) is 24.5. The molecule has 4 aliphatic carbocycles. The molecular weight excluding hydrogens is 747 g/mol. The molecule has 8 rings (SSSR count). The Morgan fingerprint density at radius 3 is 2.22 bits per heavy atom. The monoisotopic (exact) mass is 807 g/mol. The van der Waals surface area contributed by atoms with Crippen molar-refractivity contribution < 1.29 is 43.5 Å². The molecule has 3 fully saturated rings. The van der Waals surface area contributed by atoms with E-state index in [-0.39, 0.29) is 36.7 Å². The van der Waals surface area contributed by atoms with Gasteiger partial charge in [-0.25, -0.2) is 0 Å². The van der Waals surface area contributed by atoms with Gasteiger partial charge in [0, 0.05) is 40.1 Å². The van der Waals surface area contributed by atoms with Gasteiger partial charge in [-0.3, -0.25) is 14.4 Å². The van der Waals surface area contributed by atoms with Crippen molar-refractivity contribution in [3.05, 3.63) is 100 Å². The molecule has 0 unspecified atom stereocenters. The highest BCUT2D eigenvalue weighted by atomic mass is 16.6. The Labute approximate surface area is 348 Å². The van der Waals surface area contributed by atoms with Crippen molar-refractivity contribution in [1.29, 1.82) is 0 Å². The largest absolute Gasteiger partial charge is 0.497 e. The molecule has 3 aromatic rings. The number of benzene rings is 3. The molecule has 5 aliphatic rings. The SMILES string of the molecule is COc1ccc(C(=O)c2cc3ccc2[C@@H]2CC[C@@](O)(CN(Cc4ccc(OC)cc4OC)C(=O)[C@@]45CC[C@@](C)(C(=O)O4)C5(C)C)[C@@]2(C)CCC=C(C)CC[C@H](O)C3)cc1. The second kappa shape index (κ2) is 15.7. The Kier molecular flexibility index (Phi) is 11.3. The third-order valence-electron chi connectivity index (χ3n) is 15.3. The highest BCUT2D eigenvalue weighted by Gasteiger charge is 2.76. The van der Waals surface area contributed by atoms with E-state index in [4.69, 9.17) is 18.9 Å². The van der Waals surface area contributed by atoms with E-state index >= 15 is 4.79 Å². The molecule has 59 heavy (non-hydrogen) atoms. The first-order valence-corrected chi connectivity index (χ1v) is 21.1. The molecule has 0 aromatic heterocycles. The maximum absolute atomic E-state index is 15.4. The Morgan fingerprint density at radius 1 is 0.864 bits per heavy atom. The van der Waals surface area contributed by atoms with Crippen molar-refractivity contribution in [3.8, 4) is 17.2 Å². The molecule has 10 nitrogen and oxygen atoms in total. The molecule has 1 saturated heterocycles. The third-order valence-corrected chi connectivity index (χ3v) is 15.3. The lowest BCUT2D eigenvalue weighted by Crippen LogP contribution is -2.60. The van der Waals surface area contributed by atoms with E-state index in [0.717, 1.165) is 23.1 Å². The lowest BCUT2D eigenvalue weighted by atomic mass is 9.64. The maximum Gasteiger partial charge on any atom is 0.313 e. The fraction of sp³-hybridized carbons (Fsp3) is 0.531. The minimum Gasteiger partial charge on any atom is -0.497 e. The number of ether oxygens (including phenoxy) is 4. The third kappa shape index (κ3) is 7.03. The standard InChI is InChI=1S/C49H61NO9/c1-31-10-9-22-46(4)40(38-20-12-32(26-35(51)16-11-31)27-39(38)42(52)33-13-17-36(56-6)18-14-33)21-23-48(46,55)30-50(29-34-15-19-37(57-7)28-41(34)58-8)43(53)49-25-24-47(5,44(54)59-49)45(49,2)3/h10,12-15,17-20,27-28,35,40,51,55H,9,11,16,21-26,29-30H2,1-8H3/t35-,40-,46-,47-,48+,49+/m0/s1. The van der Waals surface area contributed by atoms with Crippen molar-refractivity contribution in [1.82, 2.24) is 4.90 Å². The maximum atomic E-state index is 15.4. The van der Waals surface area contributed by atoms with Gasteiger partial charge in [-0.1, -0.05) is 44.6 Å². The molecule has 2 saturated carbocycles. The fourth-order valence-corrected chi connectivity index (χ4v) is 10.8. The van der Waals surface area contributed by atoms with Crippen LogP contribution in [-0.4, -0.2) is 78.0 Å². The molecule has 10 heteroatoms. The summed E-state index contributed by atoms with van der Waals surface area (Å²) < 4.78 is 22.9. The van der Waals surface area contributed by atoms with Crippen molar-refractivity contribution in [2.75, 3.05) is 27.9 Å². The number of methoxy groups -OCH3 is 3. The molecule has 0 spiro atoms. The Morgan fingerprint density at radius 2 is 1.58 bits per heavy atom. The number of aliphatic hydroxyl groups excluding tert-OH is 1. The summed E-state index contributed by atoms with van der Waals surface area (Å²) in [7, 11) is 4.75. The number of nitrogens with zero attached hydrogens (tertiary/aromatic N) is 1. The number of rotatable bonds is 10. The molecule has 316 valence electrons. The number of allylic oxidation sites excluding steroid dienone is 2. The predicted octanol–water partition coefficient (Wildman–Crippen LogP) is 8.13. The van der Waals surface area contributed by atoms with Crippen LogP contribution in [0, 0.1) is 16.2 Å². The van der Waals surface area contributed by atoms with Gasteiger partial charge in [0.15, 0.2) is 11.4 Å². The number of carbonyl (C=O) groups excluding carboxylic acids is 3. The summed E-state index contributed by atoms with van der Waals surface area (Å²) in [5.74, 6) is 0.686. The molecule has 0 radical (unpaired) electrons. The fourth-order valence-electron chi connectivity index (χ4n) is 10.8. The Balaban J connectivity index is 1.34. The summed E-state index contributed by atoms with van der Waals surface area (Å²) in [6.07, 6.45) is 6.44. The van der Waals surface area contributed by atoms with Crippen LogP contribution in [0.4, 0.5) is 0 Å². The zero-order chi connectivity index (χ0) is 42.5.